The summed E-state index contributed by atoms with van der Waals surface area (Å²) < 4.78 is 11.0. The zero-order valence-electron chi connectivity index (χ0n) is 17.6. The first-order valence-corrected chi connectivity index (χ1v) is 10.9. The van der Waals surface area contributed by atoms with E-state index < -0.39 is 0 Å². The molecular formula is C25H23ClN4O2. The van der Waals surface area contributed by atoms with Gasteiger partial charge in [-0.2, -0.15) is 5.11 Å². The molecule has 3 N–H and O–H groups in total. The first-order valence-electron chi connectivity index (χ1n) is 10.5. The van der Waals surface area contributed by atoms with Gasteiger partial charge < -0.3 is 20.1 Å². The van der Waals surface area contributed by atoms with Crippen molar-refractivity contribution >= 4 is 23.0 Å². The summed E-state index contributed by atoms with van der Waals surface area (Å²) in [6.45, 7) is 2.88. The van der Waals surface area contributed by atoms with Crippen molar-refractivity contribution in [1.29, 1.82) is 5.53 Å². The molecule has 2 aliphatic rings. The van der Waals surface area contributed by atoms with Gasteiger partial charge in [0.25, 0.3) is 0 Å². The van der Waals surface area contributed by atoms with Gasteiger partial charge in [-0.05, 0) is 72.5 Å². The highest BCUT2D eigenvalue weighted by atomic mass is 35.5. The van der Waals surface area contributed by atoms with Crippen LogP contribution >= 0.6 is 11.6 Å². The maximum atomic E-state index is 7.53. The van der Waals surface area contributed by atoms with Gasteiger partial charge in [0.2, 0.25) is 6.79 Å². The lowest BCUT2D eigenvalue weighted by Gasteiger charge is -2.21. The minimum absolute atomic E-state index is 0.0728. The predicted molar refractivity (Wildman–Crippen MR) is 126 cm³/mol. The van der Waals surface area contributed by atoms with Crippen LogP contribution in [0.1, 0.15) is 30.5 Å². The first kappa shape index (κ1) is 20.4. The molecule has 0 radical (unpaired) electrons. The van der Waals surface area contributed by atoms with Crippen molar-refractivity contribution < 1.29 is 9.47 Å². The van der Waals surface area contributed by atoms with Gasteiger partial charge in [0, 0.05) is 22.8 Å². The van der Waals surface area contributed by atoms with Crippen LogP contribution in [-0.2, 0) is 0 Å². The minimum atomic E-state index is 0.0728. The van der Waals surface area contributed by atoms with Crippen LogP contribution in [0.5, 0.6) is 11.5 Å². The van der Waals surface area contributed by atoms with Gasteiger partial charge in [-0.3, -0.25) is 0 Å². The molecule has 7 heteroatoms. The van der Waals surface area contributed by atoms with Crippen molar-refractivity contribution in [2.24, 2.45) is 5.11 Å². The zero-order chi connectivity index (χ0) is 22.1. The van der Waals surface area contributed by atoms with Crippen molar-refractivity contribution in [3.63, 3.8) is 0 Å². The standard InChI is InChI=1S/C25H23ClN4O2/c1-15(30-27)25-20-8-2-16(17-3-9-23-24(13-17)32-14-31-23)12-21(20)22(10-11-28-25)29-19-6-4-18(26)5-7-19/h2-9,12-13,22,27-29H,10-11,14H2,1H3/b25-15-,30-27?. The molecule has 2 heterocycles. The Balaban J connectivity index is 1.59. The Morgan fingerprint density at radius 2 is 1.78 bits per heavy atom. The van der Waals surface area contributed by atoms with Gasteiger partial charge in [0.05, 0.1) is 17.4 Å². The molecule has 1 unspecified atom stereocenters. The monoisotopic (exact) mass is 446 g/mol. The number of anilines is 1. The zero-order valence-corrected chi connectivity index (χ0v) is 18.4. The normalized spacial score (nSPS) is 18.2. The molecule has 5 rings (SSSR count). The van der Waals surface area contributed by atoms with Crippen molar-refractivity contribution in [1.82, 2.24) is 5.32 Å². The summed E-state index contributed by atoms with van der Waals surface area (Å²) in [6.07, 6.45) is 0.870. The molecule has 3 aromatic rings. The summed E-state index contributed by atoms with van der Waals surface area (Å²) in [5.74, 6) is 1.53. The van der Waals surface area contributed by atoms with Crippen LogP contribution in [-0.4, -0.2) is 13.3 Å². The maximum Gasteiger partial charge on any atom is 0.231 e. The lowest BCUT2D eigenvalue weighted by molar-refractivity contribution is 0.174. The average molecular weight is 447 g/mol. The number of hydrogen-bond acceptors (Lipinski definition) is 6. The van der Waals surface area contributed by atoms with Crippen molar-refractivity contribution in [2.45, 2.75) is 19.4 Å². The molecule has 3 aromatic carbocycles. The molecule has 6 nitrogen and oxygen atoms in total. The molecular weight excluding hydrogens is 424 g/mol. The molecule has 0 aliphatic carbocycles. The summed E-state index contributed by atoms with van der Waals surface area (Å²) in [4.78, 5) is 0. The molecule has 2 aliphatic heterocycles. The van der Waals surface area contributed by atoms with E-state index in [4.69, 9.17) is 26.6 Å². The van der Waals surface area contributed by atoms with Crippen LogP contribution in [0.15, 0.2) is 71.5 Å². The highest BCUT2D eigenvalue weighted by molar-refractivity contribution is 6.30. The Hall–Kier alpha value is -3.51. The van der Waals surface area contributed by atoms with Crippen LogP contribution in [0.3, 0.4) is 0 Å². The summed E-state index contributed by atoms with van der Waals surface area (Å²) in [6, 6.07) is 20.3. The molecule has 0 aromatic heterocycles. The fourth-order valence-electron chi connectivity index (χ4n) is 4.20. The Morgan fingerprint density at radius 3 is 2.59 bits per heavy atom. The Morgan fingerprint density at radius 1 is 1.03 bits per heavy atom. The third kappa shape index (κ3) is 3.89. The quantitative estimate of drug-likeness (QED) is 0.394. The molecule has 0 saturated carbocycles. The van der Waals surface area contributed by atoms with Crippen LogP contribution in [0, 0.1) is 5.53 Å². The maximum absolute atomic E-state index is 7.53. The summed E-state index contributed by atoms with van der Waals surface area (Å²) in [5.41, 5.74) is 14.4. The van der Waals surface area contributed by atoms with E-state index in [0.717, 1.165) is 58.1 Å². The van der Waals surface area contributed by atoms with Crippen LogP contribution in [0.25, 0.3) is 16.8 Å². The third-order valence-electron chi connectivity index (χ3n) is 5.85. The molecule has 0 fully saturated rings. The summed E-state index contributed by atoms with van der Waals surface area (Å²) >= 11 is 6.07. The number of halogens is 1. The van der Waals surface area contributed by atoms with Gasteiger partial charge in [0.1, 0.15) is 0 Å². The smallest absolute Gasteiger partial charge is 0.231 e. The van der Waals surface area contributed by atoms with Crippen LogP contribution < -0.4 is 20.1 Å². The number of fused-ring (bicyclic) bond motifs is 2. The van der Waals surface area contributed by atoms with Gasteiger partial charge in [-0.15, -0.1) is 0 Å². The van der Waals surface area contributed by atoms with E-state index in [0.29, 0.717) is 10.7 Å². The fourth-order valence-corrected chi connectivity index (χ4v) is 4.33. The van der Waals surface area contributed by atoms with E-state index in [1.165, 1.54) is 0 Å². The second-order valence-corrected chi connectivity index (χ2v) is 8.30. The molecule has 0 spiro atoms. The van der Waals surface area contributed by atoms with Crippen LogP contribution in [0.2, 0.25) is 5.02 Å². The van der Waals surface area contributed by atoms with E-state index in [2.05, 4.69) is 33.9 Å². The highest BCUT2D eigenvalue weighted by Gasteiger charge is 2.24. The van der Waals surface area contributed by atoms with Crippen molar-refractivity contribution in [2.75, 3.05) is 18.7 Å². The van der Waals surface area contributed by atoms with Crippen molar-refractivity contribution in [3.8, 4) is 22.6 Å². The number of ether oxygens (including phenoxy) is 2. The number of allylic oxidation sites excluding steroid dienone is 1. The Bertz CT molecular complexity index is 1210. The van der Waals surface area contributed by atoms with E-state index in [9.17, 15) is 0 Å². The molecule has 0 saturated heterocycles. The number of benzene rings is 3. The molecule has 1 atom stereocenters. The Labute approximate surface area is 191 Å². The largest absolute Gasteiger partial charge is 0.454 e. The summed E-state index contributed by atoms with van der Waals surface area (Å²) in [5, 5.41) is 11.5. The molecule has 0 bridgehead atoms. The predicted octanol–water partition coefficient (Wildman–Crippen LogP) is 6.60. The first-order chi connectivity index (χ1) is 15.6. The number of hydrogen-bond donors (Lipinski definition) is 3. The lowest BCUT2D eigenvalue weighted by Crippen LogP contribution is -2.15. The SMILES string of the molecule is C/C(N=N)=C1/NCCC(Nc2ccc(Cl)cc2)c2cc(-c3ccc4c(c3)OCO4)ccc21. The van der Waals surface area contributed by atoms with E-state index >= 15 is 0 Å². The summed E-state index contributed by atoms with van der Waals surface area (Å²) in [7, 11) is 0. The van der Waals surface area contributed by atoms with E-state index in [1.807, 2.05) is 49.4 Å². The van der Waals surface area contributed by atoms with E-state index in [-0.39, 0.29) is 12.8 Å². The number of nitrogens with one attached hydrogen (secondary N) is 3. The highest BCUT2D eigenvalue weighted by Crippen LogP contribution is 2.39. The molecule has 0 amide bonds. The van der Waals surface area contributed by atoms with Gasteiger partial charge in [0.15, 0.2) is 11.5 Å². The van der Waals surface area contributed by atoms with Gasteiger partial charge in [-0.25, -0.2) is 5.53 Å². The third-order valence-corrected chi connectivity index (χ3v) is 6.10. The Kier molecular flexibility index (Phi) is 5.45. The topological polar surface area (TPSA) is 78.7 Å². The molecule has 162 valence electrons. The fraction of sp³-hybridized carbons (Fsp3) is 0.200. The minimum Gasteiger partial charge on any atom is -0.454 e. The molecule has 32 heavy (non-hydrogen) atoms. The second-order valence-electron chi connectivity index (χ2n) is 7.86. The van der Waals surface area contributed by atoms with Crippen molar-refractivity contribution in [3.05, 3.63) is 82.5 Å². The van der Waals surface area contributed by atoms with Gasteiger partial charge in [-0.1, -0.05) is 29.8 Å². The average Bonchev–Trinajstić information content (AvgIpc) is 3.22. The van der Waals surface area contributed by atoms with Crippen LogP contribution in [0.4, 0.5) is 5.69 Å². The lowest BCUT2D eigenvalue weighted by atomic mass is 9.92. The number of rotatable bonds is 4. The van der Waals surface area contributed by atoms with Gasteiger partial charge >= 0.3 is 0 Å². The van der Waals surface area contributed by atoms with E-state index in [1.54, 1.807) is 0 Å². The second kappa shape index (κ2) is 8.55. The number of nitrogens with zero attached hydrogens (tertiary/aromatic N) is 1.